The average Bonchev–Trinajstić information content (AvgIpc) is 2.46. The molecule has 2 rings (SSSR count). The Bertz CT molecular complexity index is 476. The Morgan fingerprint density at radius 2 is 2.38 bits per heavy atom. The van der Waals surface area contributed by atoms with E-state index in [0.29, 0.717) is 5.78 Å². The van der Waals surface area contributed by atoms with Gasteiger partial charge < -0.3 is 10.1 Å². The summed E-state index contributed by atoms with van der Waals surface area (Å²) in [4.78, 5) is 17.8. The minimum atomic E-state index is -0.489. The molecule has 0 aromatic carbocycles. The maximum atomic E-state index is 10.5. The van der Waals surface area contributed by atoms with Crippen molar-refractivity contribution in [1.82, 2.24) is 14.4 Å². The van der Waals surface area contributed by atoms with E-state index in [1.807, 2.05) is 0 Å². The first-order valence-electron chi connectivity index (χ1n) is 3.63. The lowest BCUT2D eigenvalue weighted by molar-refractivity contribution is -0.390. The third-order valence-electron chi connectivity index (χ3n) is 1.69. The Morgan fingerprint density at radius 3 is 3.08 bits per heavy atom. The molecule has 2 aromatic heterocycles. The molecule has 0 saturated heterocycles. The van der Waals surface area contributed by atoms with Gasteiger partial charge >= 0.3 is 11.6 Å². The van der Waals surface area contributed by atoms with Gasteiger partial charge in [0.1, 0.15) is 12.4 Å². The molecule has 0 bridgehead atoms. The van der Waals surface area contributed by atoms with E-state index in [0.717, 1.165) is 5.69 Å². The molecule has 0 aliphatic heterocycles. The minimum Gasteiger partial charge on any atom is -0.358 e. The van der Waals surface area contributed by atoms with Crippen molar-refractivity contribution in [2.45, 2.75) is 6.92 Å². The van der Waals surface area contributed by atoms with Crippen molar-refractivity contribution < 1.29 is 4.92 Å². The van der Waals surface area contributed by atoms with Crippen LogP contribution in [0.3, 0.4) is 0 Å². The molecule has 0 saturated carbocycles. The van der Waals surface area contributed by atoms with Gasteiger partial charge in [-0.05, 0) is 17.9 Å². The number of nitro groups is 1. The molecule has 0 aliphatic rings. The Hall–Kier alpha value is -1.98. The van der Waals surface area contributed by atoms with E-state index < -0.39 is 4.92 Å². The second kappa shape index (κ2) is 2.51. The fourth-order valence-electron chi connectivity index (χ4n) is 1.08. The van der Waals surface area contributed by atoms with Gasteiger partial charge in [-0.3, -0.25) is 0 Å². The molecule has 0 amide bonds. The van der Waals surface area contributed by atoms with Gasteiger partial charge in [0.05, 0.1) is 0 Å². The fraction of sp³-hybridized carbons (Fsp3) is 0.143. The first kappa shape index (κ1) is 7.66. The van der Waals surface area contributed by atoms with Gasteiger partial charge in [-0.25, -0.2) is 0 Å². The van der Waals surface area contributed by atoms with Crippen molar-refractivity contribution in [2.75, 3.05) is 0 Å². The molecule has 0 atom stereocenters. The predicted molar refractivity (Wildman–Crippen MR) is 44.4 cm³/mol. The van der Waals surface area contributed by atoms with Crippen LogP contribution in [0.15, 0.2) is 18.5 Å². The number of hydrogen-bond acceptors (Lipinski definition) is 4. The SMILES string of the molecule is Cc1ccn2c([N+](=O)[O-])cnc2n1. The van der Waals surface area contributed by atoms with E-state index in [-0.39, 0.29) is 5.82 Å². The quantitative estimate of drug-likeness (QED) is 0.481. The summed E-state index contributed by atoms with van der Waals surface area (Å²) in [7, 11) is 0. The van der Waals surface area contributed by atoms with Crippen LogP contribution in [0.5, 0.6) is 0 Å². The lowest BCUT2D eigenvalue weighted by Crippen LogP contribution is -1.95. The van der Waals surface area contributed by atoms with Crippen molar-refractivity contribution in [2.24, 2.45) is 0 Å². The summed E-state index contributed by atoms with van der Waals surface area (Å²) in [6.07, 6.45) is 2.78. The monoisotopic (exact) mass is 178 g/mol. The van der Waals surface area contributed by atoms with E-state index in [4.69, 9.17) is 0 Å². The van der Waals surface area contributed by atoms with Gasteiger partial charge in [0.2, 0.25) is 0 Å². The number of fused-ring (bicyclic) bond motifs is 1. The van der Waals surface area contributed by atoms with Gasteiger partial charge in [-0.2, -0.15) is 14.4 Å². The van der Waals surface area contributed by atoms with Crippen LogP contribution >= 0.6 is 0 Å². The largest absolute Gasteiger partial charge is 0.358 e. The maximum absolute atomic E-state index is 10.5. The second-order valence-electron chi connectivity index (χ2n) is 2.61. The number of hydrogen-bond donors (Lipinski definition) is 0. The molecule has 6 heteroatoms. The number of imidazole rings is 1. The van der Waals surface area contributed by atoms with Gasteiger partial charge in [-0.15, -0.1) is 0 Å². The molecule has 6 nitrogen and oxygen atoms in total. The highest BCUT2D eigenvalue weighted by Crippen LogP contribution is 2.12. The maximum Gasteiger partial charge on any atom is 0.349 e. The summed E-state index contributed by atoms with van der Waals surface area (Å²) >= 11 is 0. The van der Waals surface area contributed by atoms with E-state index >= 15 is 0 Å². The number of rotatable bonds is 1. The average molecular weight is 178 g/mol. The second-order valence-corrected chi connectivity index (χ2v) is 2.61. The fourth-order valence-corrected chi connectivity index (χ4v) is 1.08. The molecule has 13 heavy (non-hydrogen) atoms. The standard InChI is InChI=1S/C7H6N4O2/c1-5-2-3-10-6(11(12)13)4-8-7(10)9-5/h2-4H,1H3. The summed E-state index contributed by atoms with van der Waals surface area (Å²) in [5, 5.41) is 10.5. The third kappa shape index (κ3) is 1.12. The summed E-state index contributed by atoms with van der Waals surface area (Å²) < 4.78 is 1.34. The molecule has 66 valence electrons. The van der Waals surface area contributed by atoms with Crippen LogP contribution in [0.1, 0.15) is 5.69 Å². The van der Waals surface area contributed by atoms with Crippen molar-refractivity contribution in [3.05, 3.63) is 34.3 Å². The van der Waals surface area contributed by atoms with E-state index in [2.05, 4.69) is 9.97 Å². The minimum absolute atomic E-state index is 0.0671. The van der Waals surface area contributed by atoms with Crippen LogP contribution in [0, 0.1) is 17.0 Å². The topological polar surface area (TPSA) is 73.3 Å². The highest BCUT2D eigenvalue weighted by atomic mass is 16.6. The third-order valence-corrected chi connectivity index (χ3v) is 1.69. The molecule has 0 radical (unpaired) electrons. The summed E-state index contributed by atoms with van der Waals surface area (Å²) in [5.41, 5.74) is 0.785. The van der Waals surface area contributed by atoms with Crippen LogP contribution in [0.4, 0.5) is 5.82 Å². The first-order chi connectivity index (χ1) is 6.18. The van der Waals surface area contributed by atoms with Gasteiger partial charge in [-0.1, -0.05) is 0 Å². The molecule has 0 spiro atoms. The Kier molecular flexibility index (Phi) is 1.48. The lowest BCUT2D eigenvalue weighted by atomic mass is 10.5. The zero-order chi connectivity index (χ0) is 9.42. The van der Waals surface area contributed by atoms with Crippen LogP contribution in [0.25, 0.3) is 5.78 Å². The Labute approximate surface area is 73.0 Å². The van der Waals surface area contributed by atoms with E-state index in [1.54, 1.807) is 19.2 Å². The molecule has 0 N–H and O–H groups in total. The molecule has 2 aromatic rings. The van der Waals surface area contributed by atoms with Crippen LogP contribution in [-0.4, -0.2) is 19.3 Å². The van der Waals surface area contributed by atoms with Gasteiger partial charge in [0.25, 0.3) is 0 Å². The molecule has 0 unspecified atom stereocenters. The molecule has 2 heterocycles. The number of aryl methyl sites for hydroxylation is 1. The zero-order valence-corrected chi connectivity index (χ0v) is 6.84. The Balaban J connectivity index is 2.76. The van der Waals surface area contributed by atoms with Crippen LogP contribution in [-0.2, 0) is 0 Å². The lowest BCUT2D eigenvalue weighted by Gasteiger charge is -1.92. The first-order valence-corrected chi connectivity index (χ1v) is 3.63. The molecular weight excluding hydrogens is 172 g/mol. The molecular formula is C7H6N4O2. The Morgan fingerprint density at radius 1 is 1.62 bits per heavy atom. The van der Waals surface area contributed by atoms with Crippen LogP contribution < -0.4 is 0 Å². The molecule has 0 aliphatic carbocycles. The normalized spacial score (nSPS) is 10.5. The number of aromatic nitrogens is 3. The number of nitrogens with zero attached hydrogens (tertiary/aromatic N) is 4. The van der Waals surface area contributed by atoms with Crippen LogP contribution in [0.2, 0.25) is 0 Å². The smallest absolute Gasteiger partial charge is 0.349 e. The summed E-state index contributed by atoms with van der Waals surface area (Å²) in [5.74, 6) is 0.286. The van der Waals surface area contributed by atoms with Gasteiger partial charge in [0, 0.05) is 5.69 Å². The summed E-state index contributed by atoms with van der Waals surface area (Å²) in [6.45, 7) is 1.81. The van der Waals surface area contributed by atoms with E-state index in [1.165, 1.54) is 10.6 Å². The van der Waals surface area contributed by atoms with Crippen molar-refractivity contribution in [3.8, 4) is 0 Å². The van der Waals surface area contributed by atoms with Crippen molar-refractivity contribution in [3.63, 3.8) is 0 Å². The van der Waals surface area contributed by atoms with E-state index in [9.17, 15) is 10.1 Å². The summed E-state index contributed by atoms with van der Waals surface area (Å²) in [6, 6.07) is 1.70. The highest BCUT2D eigenvalue weighted by Gasteiger charge is 2.13. The zero-order valence-electron chi connectivity index (χ0n) is 6.84. The van der Waals surface area contributed by atoms with Crippen molar-refractivity contribution in [1.29, 1.82) is 0 Å². The van der Waals surface area contributed by atoms with Crippen molar-refractivity contribution >= 4 is 11.6 Å². The highest BCUT2D eigenvalue weighted by molar-refractivity contribution is 5.37. The predicted octanol–water partition coefficient (Wildman–Crippen LogP) is 0.946. The molecule has 0 fully saturated rings. The van der Waals surface area contributed by atoms with Gasteiger partial charge in [0.15, 0.2) is 0 Å².